The van der Waals surface area contributed by atoms with Gasteiger partial charge in [-0.2, -0.15) is 9.97 Å². The Labute approximate surface area is 429 Å². The van der Waals surface area contributed by atoms with Crippen molar-refractivity contribution in [1.29, 1.82) is 0 Å². The third-order valence-electron chi connectivity index (χ3n) is 14.7. The average molecular weight is 941 g/mol. The SMILES string of the molecule is C1=C=C(C2(c3ccccc3)c3ccccc3-c3cc4c5ccccc5n(-c5nc(-c6cc(-c7ccccc7)cc(-c7ccccc7)c6)nc(-c6cc(-c7ccccc7)cc(-c7ccccc7)c6)n5)c4cc32)C=CC=1. The second-order valence-corrected chi connectivity index (χ2v) is 19.0. The summed E-state index contributed by atoms with van der Waals surface area (Å²) in [6, 6.07) is 88.8. The van der Waals surface area contributed by atoms with Gasteiger partial charge in [0, 0.05) is 27.5 Å². The molecule has 344 valence electrons. The number of hydrogen-bond acceptors (Lipinski definition) is 3. The van der Waals surface area contributed by atoms with E-state index in [-0.39, 0.29) is 0 Å². The molecule has 2 aliphatic carbocycles. The Kier molecular flexibility index (Phi) is 10.3. The van der Waals surface area contributed by atoms with Crippen molar-refractivity contribution in [1.82, 2.24) is 19.5 Å². The molecule has 2 aromatic heterocycles. The van der Waals surface area contributed by atoms with Crippen LogP contribution in [0.1, 0.15) is 16.7 Å². The molecule has 0 radical (unpaired) electrons. The van der Waals surface area contributed by atoms with Gasteiger partial charge in [0.15, 0.2) is 11.6 Å². The van der Waals surface area contributed by atoms with Crippen molar-refractivity contribution in [2.45, 2.75) is 5.41 Å². The number of benzene rings is 10. The van der Waals surface area contributed by atoms with E-state index in [0.29, 0.717) is 17.6 Å². The summed E-state index contributed by atoms with van der Waals surface area (Å²) in [6.07, 6.45) is 6.20. The molecule has 1 atom stereocenters. The van der Waals surface area contributed by atoms with Crippen LogP contribution in [0.25, 0.3) is 106 Å². The van der Waals surface area contributed by atoms with E-state index in [0.717, 1.165) is 94.1 Å². The molecule has 0 fully saturated rings. The molecule has 14 rings (SSSR count). The van der Waals surface area contributed by atoms with E-state index in [4.69, 9.17) is 15.0 Å². The van der Waals surface area contributed by atoms with E-state index in [9.17, 15) is 0 Å². The largest absolute Gasteiger partial charge is 0.278 e. The lowest BCUT2D eigenvalue weighted by molar-refractivity contribution is 0.768. The first-order valence-corrected chi connectivity index (χ1v) is 25.1. The van der Waals surface area contributed by atoms with Crippen molar-refractivity contribution in [2.24, 2.45) is 0 Å². The highest BCUT2D eigenvalue weighted by molar-refractivity contribution is 6.12. The molecule has 2 aliphatic rings. The molecule has 4 nitrogen and oxygen atoms in total. The Morgan fingerprint density at radius 1 is 0.351 bits per heavy atom. The molecule has 12 aromatic rings. The Balaban J connectivity index is 1.08. The Hall–Kier alpha value is -9.95. The van der Waals surface area contributed by atoms with E-state index < -0.39 is 5.41 Å². The highest BCUT2D eigenvalue weighted by atomic mass is 15.2. The Bertz CT molecular complexity index is 4040. The van der Waals surface area contributed by atoms with Crippen LogP contribution in [0.3, 0.4) is 0 Å². The monoisotopic (exact) mass is 940 g/mol. The second-order valence-electron chi connectivity index (χ2n) is 19.0. The number of para-hydroxylation sites is 1. The molecule has 1 unspecified atom stereocenters. The van der Waals surface area contributed by atoms with Crippen LogP contribution in [-0.2, 0) is 5.41 Å². The van der Waals surface area contributed by atoms with Crippen LogP contribution in [0.2, 0.25) is 0 Å². The molecule has 0 spiro atoms. The second kappa shape index (κ2) is 17.7. The number of rotatable bonds is 9. The summed E-state index contributed by atoms with van der Waals surface area (Å²) >= 11 is 0. The van der Waals surface area contributed by atoms with Crippen LogP contribution in [0, 0.1) is 0 Å². The summed E-state index contributed by atoms with van der Waals surface area (Å²) in [4.78, 5) is 16.8. The molecular weight excluding hydrogens is 897 g/mol. The minimum absolute atomic E-state index is 0.523. The van der Waals surface area contributed by atoms with Crippen molar-refractivity contribution < 1.29 is 0 Å². The van der Waals surface area contributed by atoms with Gasteiger partial charge in [-0.05, 0) is 139 Å². The number of aromatic nitrogens is 4. The van der Waals surface area contributed by atoms with E-state index in [2.05, 4.69) is 277 Å². The summed E-state index contributed by atoms with van der Waals surface area (Å²) in [7, 11) is 0. The standard InChI is InChI=1S/C70H44N4/c1-7-23-47(24-8-1)51-39-52(48-25-9-2-10-26-48)42-55(41-51)67-71-68(56-43-53(49-27-11-3-12-28-49)40-54(44-56)50-29-13-4-14-30-50)73-69(72-67)74-65-38-22-20-36-60(65)62-45-61-59-35-19-21-37-63(59)70(64(61)46-66(62)74,57-31-15-5-16-32-57)58-33-17-6-18-34-58/h1-17,19-33,35-46H. The topological polar surface area (TPSA) is 43.6 Å². The van der Waals surface area contributed by atoms with Crippen LogP contribution in [-0.4, -0.2) is 19.5 Å². The molecule has 0 amide bonds. The highest BCUT2D eigenvalue weighted by Crippen LogP contribution is 2.58. The van der Waals surface area contributed by atoms with Crippen molar-refractivity contribution >= 4 is 21.8 Å². The molecule has 10 aromatic carbocycles. The van der Waals surface area contributed by atoms with Gasteiger partial charge < -0.3 is 0 Å². The number of allylic oxidation sites excluding steroid dienone is 4. The lowest BCUT2D eigenvalue weighted by Gasteiger charge is -2.33. The van der Waals surface area contributed by atoms with Crippen molar-refractivity contribution in [3.05, 3.63) is 301 Å². The highest BCUT2D eigenvalue weighted by Gasteiger charge is 2.47. The zero-order valence-corrected chi connectivity index (χ0v) is 40.2. The molecule has 0 N–H and O–H groups in total. The molecule has 0 aliphatic heterocycles. The fourth-order valence-electron chi connectivity index (χ4n) is 11.4. The van der Waals surface area contributed by atoms with Crippen molar-refractivity contribution in [3.8, 4) is 84.4 Å². The van der Waals surface area contributed by atoms with Gasteiger partial charge in [-0.3, -0.25) is 4.57 Å². The predicted octanol–water partition coefficient (Wildman–Crippen LogP) is 17.1. The van der Waals surface area contributed by atoms with Gasteiger partial charge in [-0.1, -0.05) is 212 Å². The Morgan fingerprint density at radius 3 is 1.35 bits per heavy atom. The molecule has 74 heavy (non-hydrogen) atoms. The lowest BCUT2D eigenvalue weighted by Crippen LogP contribution is -2.29. The number of nitrogens with zero attached hydrogens (tertiary/aromatic N) is 4. The van der Waals surface area contributed by atoms with Crippen molar-refractivity contribution in [2.75, 3.05) is 0 Å². The quantitative estimate of drug-likeness (QED) is 0.135. The summed E-state index contributed by atoms with van der Waals surface area (Å²) in [5.41, 5.74) is 25.7. The molecule has 4 heteroatoms. The van der Waals surface area contributed by atoms with Crippen LogP contribution in [0.15, 0.2) is 284 Å². The van der Waals surface area contributed by atoms with Gasteiger partial charge in [0.2, 0.25) is 5.95 Å². The first kappa shape index (κ1) is 42.9. The van der Waals surface area contributed by atoms with E-state index in [1.54, 1.807) is 0 Å². The van der Waals surface area contributed by atoms with Gasteiger partial charge >= 0.3 is 0 Å². The number of fused-ring (bicyclic) bond motifs is 6. The average Bonchev–Trinajstić information content (AvgIpc) is 4.07. The number of hydrogen-bond donors (Lipinski definition) is 0. The lowest BCUT2D eigenvalue weighted by atomic mass is 9.67. The first-order valence-electron chi connectivity index (χ1n) is 25.1. The van der Waals surface area contributed by atoms with E-state index in [1.165, 1.54) is 16.7 Å². The summed E-state index contributed by atoms with van der Waals surface area (Å²) in [5.74, 6) is 1.66. The fourth-order valence-corrected chi connectivity index (χ4v) is 11.4. The maximum Gasteiger partial charge on any atom is 0.238 e. The van der Waals surface area contributed by atoms with E-state index >= 15 is 0 Å². The molecule has 2 heterocycles. The zero-order chi connectivity index (χ0) is 49.0. The van der Waals surface area contributed by atoms with Gasteiger partial charge in [-0.15, -0.1) is 0 Å². The predicted molar refractivity (Wildman–Crippen MR) is 303 cm³/mol. The fraction of sp³-hybridized carbons (Fsp3) is 0.0143. The van der Waals surface area contributed by atoms with Crippen LogP contribution in [0.4, 0.5) is 0 Å². The minimum Gasteiger partial charge on any atom is -0.278 e. The van der Waals surface area contributed by atoms with E-state index in [1.807, 2.05) is 6.08 Å². The molecule has 0 saturated carbocycles. The van der Waals surface area contributed by atoms with Crippen LogP contribution < -0.4 is 0 Å². The van der Waals surface area contributed by atoms with Crippen LogP contribution >= 0.6 is 0 Å². The smallest absolute Gasteiger partial charge is 0.238 e. The molecule has 0 saturated heterocycles. The first-order chi connectivity index (χ1) is 36.7. The third-order valence-corrected chi connectivity index (χ3v) is 14.7. The van der Waals surface area contributed by atoms with Crippen molar-refractivity contribution in [3.63, 3.8) is 0 Å². The Morgan fingerprint density at radius 2 is 0.824 bits per heavy atom. The third kappa shape index (κ3) is 7.13. The van der Waals surface area contributed by atoms with Gasteiger partial charge in [-0.25, -0.2) is 4.98 Å². The summed E-state index contributed by atoms with van der Waals surface area (Å²) < 4.78 is 2.26. The van der Waals surface area contributed by atoms with Crippen LogP contribution in [0.5, 0.6) is 0 Å². The molecule has 0 bridgehead atoms. The van der Waals surface area contributed by atoms with Gasteiger partial charge in [0.1, 0.15) is 0 Å². The molecular formula is C70H44N4. The minimum atomic E-state index is -0.687. The zero-order valence-electron chi connectivity index (χ0n) is 40.2. The maximum atomic E-state index is 5.62. The summed E-state index contributed by atoms with van der Waals surface area (Å²) in [6.45, 7) is 0. The van der Waals surface area contributed by atoms with Gasteiger partial charge in [0.05, 0.1) is 16.4 Å². The maximum absolute atomic E-state index is 5.62. The normalized spacial score (nSPS) is 14.3. The van der Waals surface area contributed by atoms with Gasteiger partial charge in [0.25, 0.3) is 0 Å². The summed E-state index contributed by atoms with van der Waals surface area (Å²) in [5, 5.41) is 2.22.